The molecule has 0 fully saturated rings. The van der Waals surface area contributed by atoms with Gasteiger partial charge in [-0.15, -0.1) is 0 Å². The van der Waals surface area contributed by atoms with Gasteiger partial charge in [0.1, 0.15) is 0 Å². The Kier molecular flexibility index (Phi) is 2.87. The number of aromatic nitrogens is 2. The molecule has 92 valence electrons. The number of phenols is 1. The van der Waals surface area contributed by atoms with Gasteiger partial charge in [0.2, 0.25) is 5.82 Å². The maximum absolute atomic E-state index is 11.6. The van der Waals surface area contributed by atoms with Crippen LogP contribution in [0.1, 0.15) is 0 Å². The Hall–Kier alpha value is -2.97. The minimum Gasteiger partial charge on any atom is -0.594 e. The van der Waals surface area contributed by atoms with Crippen LogP contribution in [0.3, 0.4) is 0 Å². The summed E-state index contributed by atoms with van der Waals surface area (Å²) >= 11 is 0. The summed E-state index contributed by atoms with van der Waals surface area (Å²) in [7, 11) is 0. The maximum atomic E-state index is 11.6. The van der Waals surface area contributed by atoms with E-state index < -0.39 is 10.7 Å². The number of nitrogens with one attached hydrogen (secondary N) is 1. The lowest BCUT2D eigenvalue weighted by Gasteiger charge is -2.01. The molecule has 0 spiro atoms. The number of aromatic hydroxyl groups is 1. The van der Waals surface area contributed by atoms with E-state index >= 15 is 0 Å². The average molecular weight is 249 g/mol. The Morgan fingerprint density at radius 3 is 2.72 bits per heavy atom. The highest BCUT2D eigenvalue weighted by atomic mass is 16.6. The number of phenolic OH excluding ortho intramolecular Hbond substituents is 1. The number of H-pyrrole nitrogens is 1. The monoisotopic (exact) mass is 249 g/mol. The van der Waals surface area contributed by atoms with Gasteiger partial charge in [-0.25, -0.2) is 0 Å². The SMILES string of the molecule is O=[N+]([O-])c1ccc(O)c(/[N+]([O-])=N/c2ccn[nH]2)c1. The van der Waals surface area contributed by atoms with Crippen molar-refractivity contribution >= 4 is 17.2 Å². The van der Waals surface area contributed by atoms with Crippen LogP contribution in [0.2, 0.25) is 0 Å². The van der Waals surface area contributed by atoms with Gasteiger partial charge in [-0.2, -0.15) is 5.10 Å². The smallest absolute Gasteiger partial charge is 0.293 e. The quantitative estimate of drug-likeness (QED) is 0.371. The van der Waals surface area contributed by atoms with Crippen LogP contribution in [0.25, 0.3) is 0 Å². The van der Waals surface area contributed by atoms with E-state index in [9.17, 15) is 20.4 Å². The van der Waals surface area contributed by atoms with Gasteiger partial charge in [-0.05, 0) is 10.9 Å². The molecule has 18 heavy (non-hydrogen) atoms. The summed E-state index contributed by atoms with van der Waals surface area (Å²) in [6, 6.07) is 4.51. The molecule has 1 aromatic carbocycles. The second-order valence-electron chi connectivity index (χ2n) is 3.24. The first-order valence-electron chi connectivity index (χ1n) is 4.73. The fraction of sp³-hybridized carbons (Fsp3) is 0. The van der Waals surface area contributed by atoms with Crippen molar-refractivity contribution in [1.82, 2.24) is 10.2 Å². The highest BCUT2D eigenvalue weighted by Crippen LogP contribution is 2.30. The molecule has 0 unspecified atom stereocenters. The van der Waals surface area contributed by atoms with Crippen molar-refractivity contribution in [3.63, 3.8) is 0 Å². The van der Waals surface area contributed by atoms with Crippen LogP contribution in [0.5, 0.6) is 5.75 Å². The lowest BCUT2D eigenvalue weighted by molar-refractivity contribution is -0.437. The van der Waals surface area contributed by atoms with Crippen molar-refractivity contribution in [2.45, 2.75) is 0 Å². The predicted molar refractivity (Wildman–Crippen MR) is 58.7 cm³/mol. The van der Waals surface area contributed by atoms with E-state index in [0.717, 1.165) is 18.2 Å². The van der Waals surface area contributed by atoms with Crippen LogP contribution in [0.15, 0.2) is 35.6 Å². The summed E-state index contributed by atoms with van der Waals surface area (Å²) in [6.07, 6.45) is 1.39. The molecule has 2 N–H and O–H groups in total. The number of nitro groups is 1. The van der Waals surface area contributed by atoms with Gasteiger partial charge in [0.25, 0.3) is 11.4 Å². The molecule has 2 aromatic rings. The fourth-order valence-electron chi connectivity index (χ4n) is 1.23. The largest absolute Gasteiger partial charge is 0.594 e. The molecule has 0 atom stereocenters. The Labute approximate surface area is 99.7 Å². The van der Waals surface area contributed by atoms with Crippen LogP contribution < -0.4 is 0 Å². The first-order chi connectivity index (χ1) is 8.58. The summed E-state index contributed by atoms with van der Waals surface area (Å²) in [5.74, 6) is -0.241. The van der Waals surface area contributed by atoms with Gasteiger partial charge >= 0.3 is 0 Å². The van der Waals surface area contributed by atoms with E-state index in [-0.39, 0.29) is 22.1 Å². The Bertz CT molecular complexity index is 607. The number of benzene rings is 1. The molecule has 0 bridgehead atoms. The molecule has 0 saturated heterocycles. The molecule has 1 aromatic heterocycles. The molecule has 2 rings (SSSR count). The molecule has 0 saturated carbocycles. The maximum Gasteiger partial charge on any atom is 0.293 e. The third kappa shape index (κ3) is 2.24. The van der Waals surface area contributed by atoms with Crippen LogP contribution in [-0.4, -0.2) is 25.1 Å². The topological polar surface area (TPSA) is 130 Å². The predicted octanol–water partition coefficient (Wildman–Crippen LogP) is 1.95. The van der Waals surface area contributed by atoms with Crippen molar-refractivity contribution in [1.29, 1.82) is 0 Å². The molecular formula is C9H7N5O4. The van der Waals surface area contributed by atoms with Gasteiger partial charge in [-0.1, -0.05) is 0 Å². The zero-order chi connectivity index (χ0) is 13.1. The summed E-state index contributed by atoms with van der Waals surface area (Å²) in [5, 5.41) is 41.2. The first kappa shape index (κ1) is 11.5. The molecule has 0 aliphatic carbocycles. The third-order valence-electron chi connectivity index (χ3n) is 2.06. The average Bonchev–Trinajstić information content (AvgIpc) is 2.81. The second kappa shape index (κ2) is 4.49. The zero-order valence-electron chi connectivity index (χ0n) is 8.85. The number of azo groups is 1. The van der Waals surface area contributed by atoms with E-state index in [1.807, 2.05) is 0 Å². The Balaban J connectivity index is 2.44. The number of hydrogen-bond donors (Lipinski definition) is 2. The standard InChI is InChI=1S/C9H7N5O4/c15-8-2-1-6(14(17)18)5-7(8)13(16)12-9-3-4-10-11-9/h1-5,15H,(H,10,11)/b13-12-. The number of non-ortho nitro benzene ring substituents is 1. The molecule has 0 amide bonds. The Morgan fingerprint density at radius 2 is 2.11 bits per heavy atom. The minimum absolute atomic E-state index is 0.0792. The fourth-order valence-corrected chi connectivity index (χ4v) is 1.23. The lowest BCUT2D eigenvalue weighted by atomic mass is 10.2. The second-order valence-corrected chi connectivity index (χ2v) is 3.24. The summed E-state index contributed by atoms with van der Waals surface area (Å²) < 4.78 is 0. The molecule has 0 aliphatic heterocycles. The van der Waals surface area contributed by atoms with E-state index in [1.165, 1.54) is 12.3 Å². The van der Waals surface area contributed by atoms with E-state index in [4.69, 9.17) is 0 Å². The molecule has 0 aliphatic rings. The van der Waals surface area contributed by atoms with E-state index in [0.29, 0.717) is 0 Å². The van der Waals surface area contributed by atoms with E-state index in [2.05, 4.69) is 15.3 Å². The molecule has 9 heteroatoms. The number of aromatic amines is 1. The van der Waals surface area contributed by atoms with Crippen molar-refractivity contribution in [3.05, 3.63) is 45.8 Å². The first-order valence-corrected chi connectivity index (χ1v) is 4.73. The van der Waals surface area contributed by atoms with Gasteiger partial charge < -0.3 is 10.3 Å². The lowest BCUT2D eigenvalue weighted by Crippen LogP contribution is -1.94. The Morgan fingerprint density at radius 1 is 1.33 bits per heavy atom. The van der Waals surface area contributed by atoms with Crippen molar-refractivity contribution in [2.24, 2.45) is 5.11 Å². The summed E-state index contributed by atoms with van der Waals surface area (Å²) in [6.45, 7) is 0. The molecule has 9 nitrogen and oxygen atoms in total. The molecule has 1 heterocycles. The summed E-state index contributed by atoms with van der Waals surface area (Å²) in [4.78, 5) is 9.97. The van der Waals surface area contributed by atoms with Crippen LogP contribution in [-0.2, 0) is 0 Å². The van der Waals surface area contributed by atoms with Crippen LogP contribution in [0.4, 0.5) is 17.2 Å². The highest BCUT2D eigenvalue weighted by Gasteiger charge is 2.17. The van der Waals surface area contributed by atoms with Gasteiger partial charge in [0, 0.05) is 17.2 Å². The van der Waals surface area contributed by atoms with Crippen LogP contribution >= 0.6 is 0 Å². The molecular weight excluding hydrogens is 242 g/mol. The van der Waals surface area contributed by atoms with Crippen molar-refractivity contribution < 1.29 is 14.9 Å². The third-order valence-corrected chi connectivity index (χ3v) is 2.06. The number of hydrogen-bond acceptors (Lipinski definition) is 6. The van der Waals surface area contributed by atoms with Gasteiger partial charge in [-0.3, -0.25) is 15.2 Å². The van der Waals surface area contributed by atoms with Crippen LogP contribution in [0, 0.1) is 15.3 Å². The summed E-state index contributed by atoms with van der Waals surface area (Å²) in [5.41, 5.74) is -0.637. The minimum atomic E-state index is -0.674. The van der Waals surface area contributed by atoms with Crippen molar-refractivity contribution in [2.75, 3.05) is 0 Å². The zero-order valence-corrected chi connectivity index (χ0v) is 8.85. The van der Waals surface area contributed by atoms with E-state index in [1.54, 1.807) is 0 Å². The van der Waals surface area contributed by atoms with Crippen molar-refractivity contribution in [3.8, 4) is 5.75 Å². The molecule has 0 radical (unpaired) electrons. The number of nitro benzene ring substituents is 1. The number of nitrogens with zero attached hydrogens (tertiary/aromatic N) is 4. The van der Waals surface area contributed by atoms with Gasteiger partial charge in [0.05, 0.1) is 17.2 Å². The number of rotatable bonds is 3. The normalized spacial score (nSPS) is 11.4. The van der Waals surface area contributed by atoms with Gasteiger partial charge in [0.15, 0.2) is 5.75 Å². The highest BCUT2D eigenvalue weighted by molar-refractivity contribution is 5.52.